The van der Waals surface area contributed by atoms with Gasteiger partial charge < -0.3 is 26.0 Å². The molecular weight excluding hydrogens is 528 g/mol. The number of aliphatic imine (C=N–C) groups is 1. The molecule has 0 radical (unpaired) electrons. The number of ether oxygens (including phenoxy) is 1. The fourth-order valence-electron chi connectivity index (χ4n) is 2.29. The lowest BCUT2D eigenvalue weighted by Gasteiger charge is -2.29. The summed E-state index contributed by atoms with van der Waals surface area (Å²) in [6.07, 6.45) is -3.71. The van der Waals surface area contributed by atoms with Gasteiger partial charge in [0.2, 0.25) is 0 Å². The van der Waals surface area contributed by atoms with E-state index in [9.17, 15) is 18.0 Å². The summed E-state index contributed by atoms with van der Waals surface area (Å²) >= 11 is 0. The number of halogens is 4. The molecule has 1 amide bonds. The van der Waals surface area contributed by atoms with Gasteiger partial charge in [0.05, 0.1) is 11.1 Å². The first kappa shape index (κ1) is 29.0. The Bertz CT molecular complexity index is 736. The Morgan fingerprint density at radius 2 is 1.77 bits per heavy atom. The van der Waals surface area contributed by atoms with Crippen LogP contribution in [0, 0.1) is 0 Å². The molecule has 0 aliphatic rings. The minimum atomic E-state index is -4.48. The zero-order valence-corrected chi connectivity index (χ0v) is 20.9. The highest BCUT2D eigenvalue weighted by Gasteiger charge is 2.34. The van der Waals surface area contributed by atoms with E-state index in [1.54, 1.807) is 27.8 Å². The number of nitrogens with one attached hydrogen (secondary N) is 4. The summed E-state index contributed by atoms with van der Waals surface area (Å²) in [4.78, 5) is 19.7. The van der Waals surface area contributed by atoms with Crippen LogP contribution in [0.15, 0.2) is 23.3 Å². The Kier molecular flexibility index (Phi) is 11.4. The number of pyridine rings is 1. The average molecular weight is 560 g/mol. The molecule has 1 aromatic rings. The Morgan fingerprint density at radius 3 is 2.32 bits per heavy atom. The SMILES string of the molecule is CN=C(NCCNc1ncccc1C(F)(F)F)NCC(C)(C)NC(=O)OC(C)(C)C.I. The van der Waals surface area contributed by atoms with Gasteiger partial charge in [0, 0.05) is 32.9 Å². The summed E-state index contributed by atoms with van der Waals surface area (Å²) in [6.45, 7) is 9.81. The molecule has 178 valence electrons. The van der Waals surface area contributed by atoms with E-state index >= 15 is 0 Å². The summed E-state index contributed by atoms with van der Waals surface area (Å²) < 4.78 is 44.2. The first-order chi connectivity index (χ1) is 13.7. The van der Waals surface area contributed by atoms with Gasteiger partial charge in [0.15, 0.2) is 5.96 Å². The number of carbonyl (C=O) groups is 1. The topological polar surface area (TPSA) is 99.7 Å². The maximum absolute atomic E-state index is 13.0. The molecule has 0 aromatic carbocycles. The molecular formula is C19H32F3IN6O2. The van der Waals surface area contributed by atoms with E-state index in [0.29, 0.717) is 19.0 Å². The van der Waals surface area contributed by atoms with Crippen LogP contribution < -0.4 is 21.3 Å². The number of hydrogen-bond donors (Lipinski definition) is 4. The second-order valence-corrected chi connectivity index (χ2v) is 8.19. The standard InChI is InChI=1S/C19H31F3N6O2.HI/c1-17(2,3)30-16(29)28-18(4,5)12-27-15(23-6)26-11-10-25-14-13(19(20,21)22)8-7-9-24-14;/h7-9H,10-12H2,1-6H3,(H,24,25)(H,28,29)(H2,23,26,27);1H. The van der Waals surface area contributed by atoms with Crippen molar-refractivity contribution in [3.05, 3.63) is 23.9 Å². The third-order valence-electron chi connectivity index (χ3n) is 3.58. The molecule has 0 aliphatic carbocycles. The molecule has 0 unspecified atom stereocenters. The van der Waals surface area contributed by atoms with E-state index in [2.05, 4.69) is 31.2 Å². The molecule has 12 heteroatoms. The van der Waals surface area contributed by atoms with Crippen molar-refractivity contribution in [2.45, 2.75) is 51.9 Å². The fraction of sp³-hybridized carbons (Fsp3) is 0.632. The van der Waals surface area contributed by atoms with E-state index in [4.69, 9.17) is 4.74 Å². The van der Waals surface area contributed by atoms with Gasteiger partial charge in [-0.15, -0.1) is 24.0 Å². The van der Waals surface area contributed by atoms with Gasteiger partial charge in [-0.05, 0) is 46.8 Å². The van der Waals surface area contributed by atoms with Crippen molar-refractivity contribution in [2.75, 3.05) is 32.0 Å². The summed E-state index contributed by atoms with van der Waals surface area (Å²) in [5.41, 5.74) is -2.05. The molecule has 0 saturated carbocycles. The van der Waals surface area contributed by atoms with Crippen LogP contribution in [-0.4, -0.2) is 54.9 Å². The molecule has 1 heterocycles. The molecule has 0 atom stereocenters. The van der Waals surface area contributed by atoms with Crippen LogP contribution in [-0.2, 0) is 10.9 Å². The van der Waals surface area contributed by atoms with Gasteiger partial charge in [-0.3, -0.25) is 4.99 Å². The van der Waals surface area contributed by atoms with Crippen molar-refractivity contribution < 1.29 is 22.7 Å². The number of nitrogens with zero attached hydrogens (tertiary/aromatic N) is 2. The number of anilines is 1. The lowest BCUT2D eigenvalue weighted by molar-refractivity contribution is -0.137. The van der Waals surface area contributed by atoms with Gasteiger partial charge in [-0.25, -0.2) is 9.78 Å². The van der Waals surface area contributed by atoms with Crippen molar-refractivity contribution in [2.24, 2.45) is 4.99 Å². The summed E-state index contributed by atoms with van der Waals surface area (Å²) in [7, 11) is 1.57. The van der Waals surface area contributed by atoms with E-state index in [0.717, 1.165) is 6.07 Å². The molecule has 0 aliphatic heterocycles. The average Bonchev–Trinajstić information content (AvgIpc) is 2.58. The first-order valence-corrected chi connectivity index (χ1v) is 9.45. The monoisotopic (exact) mass is 560 g/mol. The number of alkyl halides is 3. The summed E-state index contributed by atoms with van der Waals surface area (Å²) in [5.74, 6) is 0.213. The molecule has 1 aromatic heterocycles. The first-order valence-electron chi connectivity index (χ1n) is 9.45. The Labute approximate surface area is 198 Å². The zero-order chi connectivity index (χ0) is 23.0. The number of guanidine groups is 1. The number of rotatable bonds is 7. The Balaban J connectivity index is 0.00000900. The lowest BCUT2D eigenvalue weighted by atomic mass is 10.1. The van der Waals surface area contributed by atoms with Crippen LogP contribution >= 0.6 is 24.0 Å². The number of carbonyl (C=O) groups excluding carboxylic acids is 1. The predicted molar refractivity (Wildman–Crippen MR) is 126 cm³/mol. The summed E-state index contributed by atoms with van der Waals surface area (Å²) in [6, 6.07) is 2.22. The molecule has 0 fully saturated rings. The highest BCUT2D eigenvalue weighted by Crippen LogP contribution is 2.33. The van der Waals surface area contributed by atoms with Crippen molar-refractivity contribution >= 4 is 41.8 Å². The van der Waals surface area contributed by atoms with Gasteiger partial charge in [0.25, 0.3) is 0 Å². The predicted octanol–water partition coefficient (Wildman–Crippen LogP) is 3.60. The molecule has 0 saturated heterocycles. The maximum Gasteiger partial charge on any atom is 0.419 e. The van der Waals surface area contributed by atoms with Crippen LogP contribution in [0.3, 0.4) is 0 Å². The second-order valence-electron chi connectivity index (χ2n) is 8.19. The van der Waals surface area contributed by atoms with Crippen LogP contribution in [0.25, 0.3) is 0 Å². The van der Waals surface area contributed by atoms with E-state index in [1.807, 2.05) is 13.8 Å². The van der Waals surface area contributed by atoms with Crippen molar-refractivity contribution in [1.82, 2.24) is 20.9 Å². The highest BCUT2D eigenvalue weighted by atomic mass is 127. The van der Waals surface area contributed by atoms with Crippen LogP contribution in [0.2, 0.25) is 0 Å². The largest absolute Gasteiger partial charge is 0.444 e. The number of amides is 1. The normalized spacial score (nSPS) is 12.5. The molecule has 0 spiro atoms. The van der Waals surface area contributed by atoms with Gasteiger partial charge in [0.1, 0.15) is 11.4 Å². The molecule has 0 bridgehead atoms. The Hall–Kier alpha value is -1.99. The van der Waals surface area contributed by atoms with E-state index in [1.165, 1.54) is 12.3 Å². The third kappa shape index (κ3) is 11.8. The minimum absolute atomic E-state index is 0. The van der Waals surface area contributed by atoms with Crippen LogP contribution in [0.1, 0.15) is 40.2 Å². The van der Waals surface area contributed by atoms with E-state index in [-0.39, 0.29) is 36.3 Å². The fourth-order valence-corrected chi connectivity index (χ4v) is 2.29. The van der Waals surface area contributed by atoms with Gasteiger partial charge >= 0.3 is 12.3 Å². The smallest absolute Gasteiger partial charge is 0.419 e. The molecule has 8 nitrogen and oxygen atoms in total. The van der Waals surface area contributed by atoms with Crippen molar-refractivity contribution in [3.8, 4) is 0 Å². The second kappa shape index (κ2) is 12.2. The number of aromatic nitrogens is 1. The Morgan fingerprint density at radius 1 is 1.13 bits per heavy atom. The van der Waals surface area contributed by atoms with Gasteiger partial charge in [-0.2, -0.15) is 13.2 Å². The van der Waals surface area contributed by atoms with E-state index < -0.39 is 29.0 Å². The molecule has 4 N–H and O–H groups in total. The number of alkyl carbamates (subject to hydrolysis) is 1. The maximum atomic E-state index is 13.0. The van der Waals surface area contributed by atoms with Crippen molar-refractivity contribution in [3.63, 3.8) is 0 Å². The number of hydrogen-bond acceptors (Lipinski definition) is 5. The lowest BCUT2D eigenvalue weighted by Crippen LogP contribution is -2.54. The van der Waals surface area contributed by atoms with Crippen molar-refractivity contribution in [1.29, 1.82) is 0 Å². The quantitative estimate of drug-likeness (QED) is 0.176. The van der Waals surface area contributed by atoms with Crippen LogP contribution in [0.5, 0.6) is 0 Å². The summed E-state index contributed by atoms with van der Waals surface area (Å²) in [5, 5.41) is 11.5. The minimum Gasteiger partial charge on any atom is -0.444 e. The van der Waals surface area contributed by atoms with Crippen LogP contribution in [0.4, 0.5) is 23.8 Å². The third-order valence-corrected chi connectivity index (χ3v) is 3.58. The highest BCUT2D eigenvalue weighted by molar-refractivity contribution is 14.0. The molecule has 1 rings (SSSR count). The molecule has 31 heavy (non-hydrogen) atoms. The van der Waals surface area contributed by atoms with Gasteiger partial charge in [-0.1, -0.05) is 0 Å². The zero-order valence-electron chi connectivity index (χ0n) is 18.6.